The molecule has 0 spiro atoms. The lowest BCUT2D eigenvalue weighted by atomic mass is 10.1. The molecule has 0 fully saturated rings. The largest absolute Gasteiger partial charge is 0.392 e. The minimum absolute atomic E-state index is 0.0296. The number of ether oxygens (including phenoxy) is 1. The molecule has 70 valence electrons. The van der Waals surface area contributed by atoms with Crippen LogP contribution in [-0.2, 0) is 14.3 Å². The Hall–Kier alpha value is -0.940. The van der Waals surface area contributed by atoms with E-state index in [2.05, 4.69) is 4.74 Å². The number of nitrogens with two attached hydrogens (primary N) is 2. The molecule has 5 heteroatoms. The number of carbonyl (C=O) groups excluding carboxylic acids is 2. The molecule has 0 atom stereocenters. The molecule has 0 saturated heterocycles. The van der Waals surface area contributed by atoms with Crippen molar-refractivity contribution in [2.45, 2.75) is 25.8 Å². The van der Waals surface area contributed by atoms with Crippen LogP contribution in [0.15, 0.2) is 0 Å². The Bertz CT molecular complexity index is 184. The van der Waals surface area contributed by atoms with Crippen molar-refractivity contribution in [1.82, 2.24) is 0 Å². The summed E-state index contributed by atoms with van der Waals surface area (Å²) in [6.07, 6.45) is 0.0296. The van der Waals surface area contributed by atoms with E-state index >= 15 is 0 Å². The zero-order valence-corrected chi connectivity index (χ0v) is 7.29. The summed E-state index contributed by atoms with van der Waals surface area (Å²) in [5.74, 6) is -1.37. The Morgan fingerprint density at radius 2 is 1.92 bits per heavy atom. The Kier molecular flexibility index (Phi) is 3.85. The second kappa shape index (κ2) is 4.18. The van der Waals surface area contributed by atoms with Gasteiger partial charge in [0.15, 0.2) is 0 Å². The van der Waals surface area contributed by atoms with E-state index < -0.39 is 17.5 Å². The third-order valence-electron chi connectivity index (χ3n) is 1.08. The lowest BCUT2D eigenvalue weighted by molar-refractivity contribution is -0.162. The van der Waals surface area contributed by atoms with E-state index in [4.69, 9.17) is 11.5 Å². The second-order valence-electron chi connectivity index (χ2n) is 3.02. The smallest absolute Gasteiger partial charge is 0.333 e. The number of esters is 2. The first kappa shape index (κ1) is 11.1. The van der Waals surface area contributed by atoms with Gasteiger partial charge in [-0.3, -0.25) is 4.79 Å². The summed E-state index contributed by atoms with van der Waals surface area (Å²) in [5, 5.41) is 0. The molecule has 5 nitrogen and oxygen atoms in total. The quantitative estimate of drug-likeness (QED) is 0.429. The molecule has 0 aromatic carbocycles. The van der Waals surface area contributed by atoms with E-state index in [0.717, 1.165) is 0 Å². The average Bonchev–Trinajstić information content (AvgIpc) is 1.85. The molecular weight excluding hydrogens is 160 g/mol. The predicted molar refractivity (Wildman–Crippen MR) is 43.0 cm³/mol. The Balaban J connectivity index is 3.94. The maximum atomic E-state index is 10.9. The van der Waals surface area contributed by atoms with E-state index in [1.165, 1.54) is 13.8 Å². The van der Waals surface area contributed by atoms with Gasteiger partial charge in [-0.2, -0.15) is 0 Å². The molecule has 0 unspecified atom stereocenters. The summed E-state index contributed by atoms with van der Waals surface area (Å²) >= 11 is 0. The maximum Gasteiger partial charge on any atom is 0.333 e. The van der Waals surface area contributed by atoms with Crippen LogP contribution in [0.2, 0.25) is 0 Å². The van der Waals surface area contributed by atoms with E-state index in [1.807, 2.05) is 0 Å². The summed E-state index contributed by atoms with van der Waals surface area (Å²) in [5.41, 5.74) is 9.30. The summed E-state index contributed by atoms with van der Waals surface area (Å²) < 4.78 is 4.37. The van der Waals surface area contributed by atoms with Crippen molar-refractivity contribution in [3.63, 3.8) is 0 Å². The molecule has 0 rings (SSSR count). The van der Waals surface area contributed by atoms with Crippen LogP contribution in [0.3, 0.4) is 0 Å². The van der Waals surface area contributed by atoms with E-state index in [1.54, 1.807) is 0 Å². The van der Waals surface area contributed by atoms with Crippen molar-refractivity contribution in [2.24, 2.45) is 11.5 Å². The van der Waals surface area contributed by atoms with Crippen LogP contribution < -0.4 is 11.5 Å². The molecule has 0 saturated carbocycles. The molecule has 12 heavy (non-hydrogen) atoms. The maximum absolute atomic E-state index is 10.9. The topological polar surface area (TPSA) is 95.4 Å². The zero-order valence-electron chi connectivity index (χ0n) is 7.29. The average molecular weight is 174 g/mol. The summed E-state index contributed by atoms with van der Waals surface area (Å²) in [4.78, 5) is 21.7. The molecule has 0 heterocycles. The SMILES string of the molecule is CC(C)(N)C(=O)OC(=O)CCN. The third kappa shape index (κ3) is 4.05. The van der Waals surface area contributed by atoms with Crippen LogP contribution in [0.4, 0.5) is 0 Å². The highest BCUT2D eigenvalue weighted by atomic mass is 16.6. The van der Waals surface area contributed by atoms with Crippen LogP contribution in [0, 0.1) is 0 Å². The van der Waals surface area contributed by atoms with Crippen molar-refractivity contribution < 1.29 is 14.3 Å². The highest BCUT2D eigenvalue weighted by molar-refractivity contribution is 5.90. The first-order chi connectivity index (χ1) is 5.38. The van der Waals surface area contributed by atoms with Crippen LogP contribution >= 0.6 is 0 Å². The minimum Gasteiger partial charge on any atom is -0.392 e. The lowest BCUT2D eigenvalue weighted by Crippen LogP contribution is -2.43. The number of hydrogen-bond acceptors (Lipinski definition) is 5. The molecule has 0 amide bonds. The minimum atomic E-state index is -1.13. The summed E-state index contributed by atoms with van der Waals surface area (Å²) in [6, 6.07) is 0. The fourth-order valence-corrected chi connectivity index (χ4v) is 0.404. The summed E-state index contributed by atoms with van der Waals surface area (Å²) in [7, 11) is 0. The van der Waals surface area contributed by atoms with Crippen molar-refractivity contribution in [3.05, 3.63) is 0 Å². The molecule has 0 bridgehead atoms. The predicted octanol–water partition coefficient (Wildman–Crippen LogP) is -0.858. The fourth-order valence-electron chi connectivity index (χ4n) is 0.404. The standard InChI is InChI=1S/C7H14N2O3/c1-7(2,9)6(11)12-5(10)3-4-8/h3-4,8-9H2,1-2H3. The van der Waals surface area contributed by atoms with Gasteiger partial charge in [0, 0.05) is 6.54 Å². The molecule has 0 aromatic rings. The Morgan fingerprint density at radius 3 is 2.25 bits per heavy atom. The van der Waals surface area contributed by atoms with Crippen LogP contribution in [0.25, 0.3) is 0 Å². The number of carbonyl (C=O) groups is 2. The van der Waals surface area contributed by atoms with Crippen molar-refractivity contribution in [1.29, 1.82) is 0 Å². The highest BCUT2D eigenvalue weighted by Gasteiger charge is 2.25. The van der Waals surface area contributed by atoms with Crippen LogP contribution in [-0.4, -0.2) is 24.0 Å². The molecule has 0 aromatic heterocycles. The van der Waals surface area contributed by atoms with Gasteiger partial charge in [0.05, 0.1) is 6.42 Å². The second-order valence-corrected chi connectivity index (χ2v) is 3.02. The highest BCUT2D eigenvalue weighted by Crippen LogP contribution is 2.00. The lowest BCUT2D eigenvalue weighted by Gasteiger charge is -2.14. The van der Waals surface area contributed by atoms with Crippen molar-refractivity contribution in [3.8, 4) is 0 Å². The zero-order chi connectivity index (χ0) is 9.78. The first-order valence-electron chi connectivity index (χ1n) is 3.62. The number of rotatable bonds is 3. The molecule has 0 aliphatic carbocycles. The first-order valence-corrected chi connectivity index (χ1v) is 3.62. The van der Waals surface area contributed by atoms with Gasteiger partial charge >= 0.3 is 11.9 Å². The van der Waals surface area contributed by atoms with Crippen LogP contribution in [0.5, 0.6) is 0 Å². The van der Waals surface area contributed by atoms with Gasteiger partial charge in [0.25, 0.3) is 0 Å². The Labute approximate surface area is 71.0 Å². The van der Waals surface area contributed by atoms with Gasteiger partial charge < -0.3 is 16.2 Å². The molecule has 0 aliphatic heterocycles. The van der Waals surface area contributed by atoms with Gasteiger partial charge in [-0.1, -0.05) is 0 Å². The normalized spacial score (nSPS) is 11.0. The van der Waals surface area contributed by atoms with Crippen molar-refractivity contribution >= 4 is 11.9 Å². The molecule has 4 N–H and O–H groups in total. The molecule has 0 aliphatic rings. The monoisotopic (exact) mass is 174 g/mol. The van der Waals surface area contributed by atoms with E-state index in [-0.39, 0.29) is 13.0 Å². The van der Waals surface area contributed by atoms with E-state index in [0.29, 0.717) is 0 Å². The van der Waals surface area contributed by atoms with Gasteiger partial charge in [-0.25, -0.2) is 4.79 Å². The molecular formula is C7H14N2O3. The van der Waals surface area contributed by atoms with E-state index in [9.17, 15) is 9.59 Å². The number of hydrogen-bond donors (Lipinski definition) is 2. The molecule has 0 radical (unpaired) electrons. The van der Waals surface area contributed by atoms with Gasteiger partial charge in [-0.05, 0) is 13.8 Å². The third-order valence-corrected chi connectivity index (χ3v) is 1.08. The summed E-state index contributed by atoms with van der Waals surface area (Å²) in [6.45, 7) is 3.09. The van der Waals surface area contributed by atoms with Crippen LogP contribution in [0.1, 0.15) is 20.3 Å². The van der Waals surface area contributed by atoms with Gasteiger partial charge in [-0.15, -0.1) is 0 Å². The fraction of sp³-hybridized carbons (Fsp3) is 0.714. The van der Waals surface area contributed by atoms with Gasteiger partial charge in [0.1, 0.15) is 5.54 Å². The Morgan fingerprint density at radius 1 is 1.42 bits per heavy atom. The van der Waals surface area contributed by atoms with Gasteiger partial charge in [0.2, 0.25) is 0 Å². The van der Waals surface area contributed by atoms with Crippen molar-refractivity contribution in [2.75, 3.05) is 6.54 Å².